The van der Waals surface area contributed by atoms with Crippen molar-refractivity contribution in [2.45, 2.75) is 25.9 Å². The second-order valence-corrected chi connectivity index (χ2v) is 4.98. The maximum atomic E-state index is 11.8. The molecule has 1 fully saturated rings. The Labute approximate surface area is 111 Å². The molecule has 1 aliphatic rings. The van der Waals surface area contributed by atoms with E-state index in [9.17, 15) is 18.0 Å². The summed E-state index contributed by atoms with van der Waals surface area (Å²) in [6.45, 7) is 3.50. The molecule has 1 saturated heterocycles. The van der Waals surface area contributed by atoms with Gasteiger partial charge in [0.15, 0.2) is 0 Å². The van der Waals surface area contributed by atoms with Crippen molar-refractivity contribution in [1.82, 2.24) is 10.2 Å². The normalized spacial score (nSPS) is 18.5. The third-order valence-corrected chi connectivity index (χ3v) is 3.13. The summed E-state index contributed by atoms with van der Waals surface area (Å²) < 4.78 is 39.6. The van der Waals surface area contributed by atoms with Gasteiger partial charge in [0, 0.05) is 13.1 Å². The van der Waals surface area contributed by atoms with E-state index < -0.39 is 25.3 Å². The highest BCUT2D eigenvalue weighted by Gasteiger charge is 2.27. The van der Waals surface area contributed by atoms with Gasteiger partial charge in [0.05, 0.1) is 0 Å². The molecule has 0 saturated carbocycles. The minimum absolute atomic E-state index is 0.447. The Morgan fingerprint density at radius 3 is 2.58 bits per heavy atom. The first-order valence-corrected chi connectivity index (χ1v) is 6.50. The predicted octanol–water partition coefficient (Wildman–Crippen LogP) is 1.41. The summed E-state index contributed by atoms with van der Waals surface area (Å²) in [4.78, 5) is 13.4. The molecule has 1 rings (SSSR count). The van der Waals surface area contributed by atoms with E-state index in [-0.39, 0.29) is 0 Å². The van der Waals surface area contributed by atoms with Crippen molar-refractivity contribution in [3.8, 4) is 0 Å². The lowest BCUT2D eigenvalue weighted by Gasteiger charge is -2.30. The molecule has 19 heavy (non-hydrogen) atoms. The molecule has 7 heteroatoms. The van der Waals surface area contributed by atoms with Gasteiger partial charge in [-0.2, -0.15) is 13.2 Å². The molecular weight excluding hydrogens is 261 g/mol. The third-order valence-electron chi connectivity index (χ3n) is 3.13. The Morgan fingerprint density at radius 1 is 1.37 bits per heavy atom. The zero-order chi connectivity index (χ0) is 14.3. The van der Waals surface area contributed by atoms with E-state index in [1.165, 1.54) is 0 Å². The molecule has 1 aliphatic heterocycles. The fourth-order valence-electron chi connectivity index (χ4n) is 1.95. The van der Waals surface area contributed by atoms with Crippen LogP contribution in [0.1, 0.15) is 19.8 Å². The van der Waals surface area contributed by atoms with Crippen LogP contribution in [0.4, 0.5) is 13.2 Å². The highest BCUT2D eigenvalue weighted by Crippen LogP contribution is 2.15. The van der Waals surface area contributed by atoms with Crippen LogP contribution in [0.3, 0.4) is 0 Å². The van der Waals surface area contributed by atoms with E-state index in [1.807, 2.05) is 0 Å². The molecule has 1 heterocycles. The van der Waals surface area contributed by atoms with E-state index in [0.29, 0.717) is 6.54 Å². The fourth-order valence-corrected chi connectivity index (χ4v) is 1.95. The number of rotatable bonds is 6. The topological polar surface area (TPSA) is 41.6 Å². The molecule has 0 spiro atoms. The van der Waals surface area contributed by atoms with Crippen LogP contribution in [-0.2, 0) is 9.53 Å². The average Bonchev–Trinajstić information content (AvgIpc) is 2.30. The molecule has 0 unspecified atom stereocenters. The first-order valence-electron chi connectivity index (χ1n) is 6.50. The molecule has 1 N–H and O–H groups in total. The average molecular weight is 282 g/mol. The van der Waals surface area contributed by atoms with Crippen LogP contribution in [0, 0.1) is 5.92 Å². The van der Waals surface area contributed by atoms with Crippen molar-refractivity contribution in [2.75, 3.05) is 39.4 Å². The maximum Gasteiger partial charge on any atom is 0.411 e. The van der Waals surface area contributed by atoms with Gasteiger partial charge >= 0.3 is 6.18 Å². The Bertz CT molecular complexity index is 277. The number of nitrogens with zero attached hydrogens (tertiary/aromatic N) is 1. The number of likely N-dealkylation sites (tertiary alicyclic amines) is 1. The summed E-state index contributed by atoms with van der Waals surface area (Å²) in [5, 5.41) is 2.55. The van der Waals surface area contributed by atoms with Crippen molar-refractivity contribution in [3.63, 3.8) is 0 Å². The Kier molecular flexibility index (Phi) is 6.57. The van der Waals surface area contributed by atoms with E-state index >= 15 is 0 Å². The van der Waals surface area contributed by atoms with Crippen LogP contribution in [0.15, 0.2) is 0 Å². The van der Waals surface area contributed by atoms with Crippen molar-refractivity contribution in [2.24, 2.45) is 5.92 Å². The van der Waals surface area contributed by atoms with Crippen LogP contribution in [0.2, 0.25) is 0 Å². The molecule has 0 aromatic carbocycles. The van der Waals surface area contributed by atoms with Gasteiger partial charge in [-0.3, -0.25) is 4.79 Å². The van der Waals surface area contributed by atoms with Gasteiger partial charge in [0.2, 0.25) is 5.91 Å². The molecule has 0 aromatic rings. The van der Waals surface area contributed by atoms with E-state index in [0.717, 1.165) is 38.4 Å². The molecule has 0 atom stereocenters. The van der Waals surface area contributed by atoms with E-state index in [1.54, 1.807) is 0 Å². The van der Waals surface area contributed by atoms with Gasteiger partial charge in [-0.05, 0) is 31.8 Å². The number of carbonyl (C=O) groups excluding carboxylic acids is 1. The fraction of sp³-hybridized carbons (Fsp3) is 0.917. The molecule has 0 radical (unpaired) electrons. The smallest absolute Gasteiger partial charge is 0.362 e. The lowest BCUT2D eigenvalue weighted by atomic mass is 9.99. The lowest BCUT2D eigenvalue weighted by molar-refractivity contribution is -0.175. The zero-order valence-corrected chi connectivity index (χ0v) is 11.1. The number of ether oxygens (including phenoxy) is 1. The van der Waals surface area contributed by atoms with Crippen LogP contribution in [-0.4, -0.2) is 56.4 Å². The first-order chi connectivity index (χ1) is 8.87. The van der Waals surface area contributed by atoms with E-state index in [2.05, 4.69) is 21.9 Å². The number of piperidine rings is 1. The third kappa shape index (κ3) is 8.05. The van der Waals surface area contributed by atoms with Gasteiger partial charge in [-0.25, -0.2) is 0 Å². The minimum Gasteiger partial charge on any atom is -0.362 e. The van der Waals surface area contributed by atoms with Crippen LogP contribution in [0.5, 0.6) is 0 Å². The Morgan fingerprint density at radius 2 is 2.00 bits per heavy atom. The second-order valence-electron chi connectivity index (χ2n) is 4.98. The lowest BCUT2D eigenvalue weighted by Crippen LogP contribution is -2.40. The number of hydrogen-bond acceptors (Lipinski definition) is 3. The number of alkyl halides is 3. The van der Waals surface area contributed by atoms with Gasteiger partial charge in [0.25, 0.3) is 0 Å². The molecule has 4 nitrogen and oxygen atoms in total. The van der Waals surface area contributed by atoms with Gasteiger partial charge in [-0.1, -0.05) is 6.92 Å². The number of nitrogens with one attached hydrogen (secondary N) is 1. The Balaban J connectivity index is 2.01. The number of carbonyl (C=O) groups is 1. The summed E-state index contributed by atoms with van der Waals surface area (Å²) in [6, 6.07) is 0. The monoisotopic (exact) mass is 282 g/mol. The summed E-state index contributed by atoms with van der Waals surface area (Å²) in [5.74, 6) is 0.247. The maximum absolute atomic E-state index is 11.8. The van der Waals surface area contributed by atoms with Gasteiger partial charge in [-0.15, -0.1) is 0 Å². The molecule has 0 bridgehead atoms. The minimum atomic E-state index is -4.38. The largest absolute Gasteiger partial charge is 0.411 e. The molecule has 0 aromatic heterocycles. The van der Waals surface area contributed by atoms with Gasteiger partial charge < -0.3 is 15.0 Å². The van der Waals surface area contributed by atoms with Crippen molar-refractivity contribution >= 4 is 5.91 Å². The number of amides is 1. The molecule has 1 amide bonds. The van der Waals surface area contributed by atoms with Crippen LogP contribution < -0.4 is 5.32 Å². The number of halogens is 3. The molecule has 112 valence electrons. The van der Waals surface area contributed by atoms with Crippen molar-refractivity contribution in [3.05, 3.63) is 0 Å². The Hall–Kier alpha value is -0.820. The first kappa shape index (κ1) is 16.2. The van der Waals surface area contributed by atoms with E-state index in [4.69, 9.17) is 0 Å². The highest BCUT2D eigenvalue weighted by molar-refractivity contribution is 5.77. The van der Waals surface area contributed by atoms with Crippen LogP contribution in [0.25, 0.3) is 0 Å². The summed E-state index contributed by atoms with van der Waals surface area (Å²) in [7, 11) is 0. The standard InChI is InChI=1S/C12H21F3N2O2/c1-10-2-5-17(6-3-10)7-4-16-11(18)8-19-9-12(13,14)15/h10H,2-9H2,1H3,(H,16,18). The molecule has 0 aliphatic carbocycles. The summed E-state index contributed by atoms with van der Waals surface area (Å²) in [5.41, 5.74) is 0. The molecular formula is C12H21F3N2O2. The highest BCUT2D eigenvalue weighted by atomic mass is 19.4. The summed E-state index contributed by atoms with van der Waals surface area (Å²) >= 11 is 0. The summed E-state index contributed by atoms with van der Waals surface area (Å²) in [6.07, 6.45) is -2.07. The zero-order valence-electron chi connectivity index (χ0n) is 11.1. The SMILES string of the molecule is CC1CCN(CCNC(=O)COCC(F)(F)F)CC1. The van der Waals surface area contributed by atoms with Crippen LogP contribution >= 0.6 is 0 Å². The predicted molar refractivity (Wildman–Crippen MR) is 64.7 cm³/mol. The second kappa shape index (κ2) is 7.69. The van der Waals surface area contributed by atoms with Crippen molar-refractivity contribution < 1.29 is 22.7 Å². The van der Waals surface area contributed by atoms with Crippen molar-refractivity contribution in [1.29, 1.82) is 0 Å². The quantitative estimate of drug-likeness (QED) is 0.801. The van der Waals surface area contributed by atoms with Gasteiger partial charge in [0.1, 0.15) is 13.2 Å². The number of hydrogen-bond donors (Lipinski definition) is 1.